The minimum atomic E-state index is -1.07. The molecule has 0 spiro atoms. The van der Waals surface area contributed by atoms with Crippen LogP contribution in [0.15, 0.2) is 12.1 Å². The Kier molecular flexibility index (Phi) is 9.56. The summed E-state index contributed by atoms with van der Waals surface area (Å²) in [5.74, 6) is -1.47. The van der Waals surface area contributed by atoms with Crippen LogP contribution in [0, 0.1) is 20.8 Å². The van der Waals surface area contributed by atoms with Gasteiger partial charge in [-0.3, -0.25) is 14.5 Å². The number of anilines is 1. The van der Waals surface area contributed by atoms with Gasteiger partial charge in [-0.05, 0) is 50.8 Å². The number of thioether (sulfide) groups is 1. The lowest BCUT2D eigenvalue weighted by Gasteiger charge is -2.30. The maximum Gasteiger partial charge on any atom is 0.326 e. The summed E-state index contributed by atoms with van der Waals surface area (Å²) in [5, 5.41) is 9.48. The van der Waals surface area contributed by atoms with Gasteiger partial charge in [0.2, 0.25) is 5.91 Å². The Hall–Kier alpha value is -1.82. The normalized spacial score (nSPS) is 11.9. The van der Waals surface area contributed by atoms with Crippen LogP contribution in [0.4, 0.5) is 5.69 Å². The number of amides is 1. The van der Waals surface area contributed by atoms with E-state index < -0.39 is 12.0 Å². The molecule has 0 aliphatic heterocycles. The molecule has 1 amide bonds. The summed E-state index contributed by atoms with van der Waals surface area (Å²) < 4.78 is 0. The second-order valence-electron chi connectivity index (χ2n) is 6.92. The standard InChI is InChI=1S/C21H31NO4S/c1-6-7-8-9-10-19(24)27-13-18(23)22(17(5)21(25)26)20-15(3)12-11-14(2)16(20)4/h11-12,17H,6-10,13H2,1-5H3,(H,25,26)/t17-/m0/s1. The van der Waals surface area contributed by atoms with Crippen LogP contribution in [0.1, 0.15) is 62.6 Å². The summed E-state index contributed by atoms with van der Waals surface area (Å²) in [4.78, 5) is 37.8. The van der Waals surface area contributed by atoms with Crippen molar-refractivity contribution in [2.24, 2.45) is 0 Å². The molecule has 5 nitrogen and oxygen atoms in total. The largest absolute Gasteiger partial charge is 0.480 e. The van der Waals surface area contributed by atoms with E-state index in [1.165, 1.54) is 11.8 Å². The molecule has 0 unspecified atom stereocenters. The predicted octanol–water partition coefficient (Wildman–Crippen LogP) is 4.65. The maximum atomic E-state index is 12.9. The lowest BCUT2D eigenvalue weighted by Crippen LogP contribution is -2.45. The van der Waals surface area contributed by atoms with Crippen LogP contribution in [-0.2, 0) is 14.4 Å². The number of unbranched alkanes of at least 4 members (excludes halogenated alkanes) is 3. The van der Waals surface area contributed by atoms with Crippen molar-refractivity contribution in [3.05, 3.63) is 28.8 Å². The molecule has 0 aromatic heterocycles. The second kappa shape index (κ2) is 11.1. The number of rotatable bonds is 10. The first kappa shape index (κ1) is 23.2. The molecule has 1 atom stereocenters. The number of aryl methyl sites for hydroxylation is 2. The molecule has 0 heterocycles. The monoisotopic (exact) mass is 393 g/mol. The number of carbonyl (C=O) groups excluding carboxylic acids is 2. The van der Waals surface area contributed by atoms with E-state index >= 15 is 0 Å². The zero-order chi connectivity index (χ0) is 20.6. The van der Waals surface area contributed by atoms with Crippen molar-refractivity contribution in [1.29, 1.82) is 0 Å². The third-order valence-corrected chi connectivity index (χ3v) is 5.67. The first-order valence-corrected chi connectivity index (χ1v) is 10.5. The Morgan fingerprint density at radius 3 is 2.30 bits per heavy atom. The molecule has 0 fully saturated rings. The average Bonchev–Trinajstić information content (AvgIpc) is 2.63. The van der Waals surface area contributed by atoms with Crippen molar-refractivity contribution >= 4 is 34.4 Å². The summed E-state index contributed by atoms with van der Waals surface area (Å²) in [7, 11) is 0. The van der Waals surface area contributed by atoms with Crippen molar-refractivity contribution in [2.45, 2.75) is 72.8 Å². The number of carboxylic acids is 1. The first-order valence-electron chi connectivity index (χ1n) is 9.48. The Morgan fingerprint density at radius 1 is 1.07 bits per heavy atom. The summed E-state index contributed by atoms with van der Waals surface area (Å²) in [6, 6.07) is 2.84. The number of carboxylic acid groups (broad SMARTS) is 1. The lowest BCUT2D eigenvalue weighted by molar-refractivity contribution is -0.139. The van der Waals surface area contributed by atoms with Crippen LogP contribution in [0.25, 0.3) is 0 Å². The maximum absolute atomic E-state index is 12.9. The molecule has 6 heteroatoms. The van der Waals surface area contributed by atoms with Gasteiger partial charge in [-0.15, -0.1) is 0 Å². The van der Waals surface area contributed by atoms with Crippen LogP contribution in [0.3, 0.4) is 0 Å². The van der Waals surface area contributed by atoms with Crippen molar-refractivity contribution in [2.75, 3.05) is 10.7 Å². The quantitative estimate of drug-likeness (QED) is 0.586. The number of nitrogens with zero attached hydrogens (tertiary/aromatic N) is 1. The van der Waals surface area contributed by atoms with E-state index in [-0.39, 0.29) is 16.8 Å². The van der Waals surface area contributed by atoms with Crippen molar-refractivity contribution in [3.8, 4) is 0 Å². The molecular formula is C21H31NO4S. The van der Waals surface area contributed by atoms with Gasteiger partial charge in [0.1, 0.15) is 6.04 Å². The summed E-state index contributed by atoms with van der Waals surface area (Å²) in [6.07, 6.45) is 4.51. The van der Waals surface area contributed by atoms with E-state index in [0.29, 0.717) is 12.1 Å². The highest BCUT2D eigenvalue weighted by Crippen LogP contribution is 2.30. The number of carbonyl (C=O) groups is 3. The van der Waals surface area contributed by atoms with Crippen LogP contribution >= 0.6 is 11.8 Å². The number of benzene rings is 1. The van der Waals surface area contributed by atoms with E-state index in [4.69, 9.17) is 0 Å². The molecule has 150 valence electrons. The van der Waals surface area contributed by atoms with E-state index in [0.717, 1.165) is 54.1 Å². The fourth-order valence-electron chi connectivity index (χ4n) is 2.93. The fourth-order valence-corrected chi connectivity index (χ4v) is 3.64. The van der Waals surface area contributed by atoms with Gasteiger partial charge in [-0.25, -0.2) is 4.79 Å². The first-order chi connectivity index (χ1) is 12.7. The highest BCUT2D eigenvalue weighted by Gasteiger charge is 2.30. The summed E-state index contributed by atoms with van der Waals surface area (Å²) in [5.41, 5.74) is 3.35. The Morgan fingerprint density at radius 2 is 1.70 bits per heavy atom. The van der Waals surface area contributed by atoms with Gasteiger partial charge < -0.3 is 5.11 Å². The minimum Gasteiger partial charge on any atom is -0.480 e. The summed E-state index contributed by atoms with van der Waals surface area (Å²) in [6.45, 7) is 9.30. The molecular weight excluding hydrogens is 362 g/mol. The highest BCUT2D eigenvalue weighted by atomic mass is 32.2. The van der Waals surface area contributed by atoms with E-state index in [9.17, 15) is 19.5 Å². The van der Waals surface area contributed by atoms with Gasteiger partial charge in [-0.1, -0.05) is 50.1 Å². The number of hydrogen-bond acceptors (Lipinski definition) is 4. The van der Waals surface area contributed by atoms with E-state index in [1.807, 2.05) is 32.9 Å². The third kappa shape index (κ3) is 6.69. The predicted molar refractivity (Wildman–Crippen MR) is 111 cm³/mol. The van der Waals surface area contributed by atoms with Crippen molar-refractivity contribution in [3.63, 3.8) is 0 Å². The van der Waals surface area contributed by atoms with Crippen LogP contribution in [0.5, 0.6) is 0 Å². The Bertz CT molecular complexity index is 687. The van der Waals surface area contributed by atoms with Gasteiger partial charge in [0.05, 0.1) is 11.4 Å². The summed E-state index contributed by atoms with van der Waals surface area (Å²) >= 11 is 0.988. The molecule has 1 aromatic carbocycles. The lowest BCUT2D eigenvalue weighted by atomic mass is 10.0. The average molecular weight is 394 g/mol. The molecule has 0 saturated carbocycles. The SMILES string of the molecule is CCCCCCC(=O)SCC(=O)N(c1c(C)ccc(C)c1C)[C@@H](C)C(=O)O. The van der Waals surface area contributed by atoms with Gasteiger partial charge in [0.25, 0.3) is 0 Å². The molecule has 0 saturated heterocycles. The number of aliphatic carboxylic acids is 1. The molecule has 0 aliphatic rings. The van der Waals surface area contributed by atoms with Crippen molar-refractivity contribution in [1.82, 2.24) is 0 Å². The van der Waals surface area contributed by atoms with Gasteiger partial charge in [-0.2, -0.15) is 0 Å². The number of hydrogen-bond donors (Lipinski definition) is 1. The third-order valence-electron chi connectivity index (χ3n) is 4.75. The zero-order valence-electron chi connectivity index (χ0n) is 17.0. The molecule has 0 radical (unpaired) electrons. The van der Waals surface area contributed by atoms with Gasteiger partial charge >= 0.3 is 5.97 Å². The van der Waals surface area contributed by atoms with Crippen molar-refractivity contribution < 1.29 is 19.5 Å². The van der Waals surface area contributed by atoms with E-state index in [2.05, 4.69) is 6.92 Å². The topological polar surface area (TPSA) is 74.7 Å². The van der Waals surface area contributed by atoms with E-state index in [1.54, 1.807) is 0 Å². The molecule has 0 aliphatic carbocycles. The smallest absolute Gasteiger partial charge is 0.326 e. The van der Waals surface area contributed by atoms with Crippen LogP contribution < -0.4 is 4.90 Å². The zero-order valence-corrected chi connectivity index (χ0v) is 17.8. The second-order valence-corrected chi connectivity index (χ2v) is 7.95. The molecule has 1 N–H and O–H groups in total. The van der Waals surface area contributed by atoms with Crippen LogP contribution in [0.2, 0.25) is 0 Å². The fraction of sp³-hybridized carbons (Fsp3) is 0.571. The highest BCUT2D eigenvalue weighted by molar-refractivity contribution is 8.14. The van der Waals surface area contributed by atoms with Gasteiger partial charge in [0.15, 0.2) is 5.12 Å². The molecule has 1 rings (SSSR count). The minimum absolute atomic E-state index is 0.0138. The Labute approximate surface area is 166 Å². The Balaban J connectivity index is 2.93. The molecule has 1 aromatic rings. The molecule has 27 heavy (non-hydrogen) atoms. The van der Waals surface area contributed by atoms with Crippen LogP contribution in [-0.4, -0.2) is 33.9 Å². The molecule has 0 bridgehead atoms. The van der Waals surface area contributed by atoms with Gasteiger partial charge in [0, 0.05) is 6.42 Å².